The molecule has 0 unspecified atom stereocenters. The van der Waals surface area contributed by atoms with Crippen molar-refractivity contribution in [2.24, 2.45) is 0 Å². The fourth-order valence-corrected chi connectivity index (χ4v) is 2.20. The molecule has 2 rings (SSSR count). The minimum atomic E-state index is -4.60. The van der Waals surface area contributed by atoms with E-state index in [9.17, 15) is 17.6 Å². The van der Waals surface area contributed by atoms with Crippen LogP contribution in [0.15, 0.2) is 24.3 Å². The van der Waals surface area contributed by atoms with E-state index in [0.717, 1.165) is 19.0 Å². The maximum atomic E-state index is 13.3. The average molecular weight is 371 g/mol. The molecule has 1 aromatic carbocycles. The molecule has 0 aliphatic rings. The van der Waals surface area contributed by atoms with E-state index in [1.165, 1.54) is 18.2 Å². The van der Waals surface area contributed by atoms with Crippen LogP contribution in [-0.4, -0.2) is 42.1 Å². The fraction of sp³-hybridized carbons (Fsp3) is 0.412. The summed E-state index contributed by atoms with van der Waals surface area (Å²) in [4.78, 5) is 9.57. The second kappa shape index (κ2) is 8.31. The van der Waals surface area contributed by atoms with Crippen LogP contribution in [0, 0.1) is 12.7 Å². The van der Waals surface area contributed by atoms with Gasteiger partial charge in [0.1, 0.15) is 11.6 Å². The second-order valence-corrected chi connectivity index (χ2v) is 6.13. The van der Waals surface area contributed by atoms with E-state index in [1.54, 1.807) is 6.92 Å². The van der Waals surface area contributed by atoms with Gasteiger partial charge in [0, 0.05) is 18.3 Å². The number of benzene rings is 1. The third kappa shape index (κ3) is 5.83. The number of hydrogen-bond acceptors (Lipinski definition) is 5. The predicted octanol–water partition coefficient (Wildman–Crippen LogP) is 4.05. The van der Waals surface area contributed by atoms with Crippen LogP contribution in [0.4, 0.5) is 35.0 Å². The Morgan fingerprint density at radius 1 is 1.12 bits per heavy atom. The number of rotatable bonds is 7. The van der Waals surface area contributed by atoms with Gasteiger partial charge in [-0.05, 0) is 57.7 Å². The summed E-state index contributed by atoms with van der Waals surface area (Å²) in [5, 5.41) is 5.58. The van der Waals surface area contributed by atoms with Gasteiger partial charge >= 0.3 is 6.18 Å². The quantitative estimate of drug-likeness (QED) is 0.568. The van der Waals surface area contributed by atoms with Gasteiger partial charge in [-0.15, -0.1) is 0 Å². The highest BCUT2D eigenvalue weighted by Gasteiger charge is 2.33. The Bertz CT molecular complexity index is 746. The van der Waals surface area contributed by atoms with Gasteiger partial charge in [-0.3, -0.25) is 0 Å². The summed E-state index contributed by atoms with van der Waals surface area (Å²) < 4.78 is 52.6. The number of aryl methyl sites for hydroxylation is 1. The van der Waals surface area contributed by atoms with E-state index in [1.807, 2.05) is 19.0 Å². The fourth-order valence-electron chi connectivity index (χ4n) is 2.20. The van der Waals surface area contributed by atoms with E-state index in [0.29, 0.717) is 17.8 Å². The van der Waals surface area contributed by atoms with Gasteiger partial charge in [-0.25, -0.2) is 9.37 Å². The molecule has 0 saturated heterocycles. The summed E-state index contributed by atoms with van der Waals surface area (Å²) in [7, 11) is 3.82. The Hall–Kier alpha value is -2.42. The highest BCUT2D eigenvalue weighted by Crippen LogP contribution is 2.30. The minimum absolute atomic E-state index is 0.0200. The van der Waals surface area contributed by atoms with Crippen molar-refractivity contribution in [3.63, 3.8) is 0 Å². The van der Waals surface area contributed by atoms with Crippen molar-refractivity contribution >= 4 is 17.5 Å². The topological polar surface area (TPSA) is 53.1 Å². The van der Waals surface area contributed by atoms with Crippen molar-refractivity contribution in [3.05, 3.63) is 41.3 Å². The average Bonchev–Trinajstić information content (AvgIpc) is 2.54. The Morgan fingerprint density at radius 3 is 2.46 bits per heavy atom. The van der Waals surface area contributed by atoms with Crippen LogP contribution in [0.3, 0.4) is 0 Å². The Labute approximate surface area is 149 Å². The highest BCUT2D eigenvalue weighted by atomic mass is 19.4. The van der Waals surface area contributed by atoms with E-state index in [-0.39, 0.29) is 11.8 Å². The molecule has 0 aliphatic carbocycles. The van der Waals surface area contributed by atoms with Crippen LogP contribution in [0.2, 0.25) is 0 Å². The van der Waals surface area contributed by atoms with E-state index in [2.05, 4.69) is 20.6 Å². The van der Waals surface area contributed by atoms with Gasteiger partial charge < -0.3 is 15.5 Å². The van der Waals surface area contributed by atoms with Crippen molar-refractivity contribution in [3.8, 4) is 0 Å². The molecule has 5 nitrogen and oxygen atoms in total. The van der Waals surface area contributed by atoms with Crippen LogP contribution in [0.1, 0.15) is 17.7 Å². The number of nitrogens with zero attached hydrogens (tertiary/aromatic N) is 3. The molecular weight excluding hydrogens is 350 g/mol. The summed E-state index contributed by atoms with van der Waals surface area (Å²) in [6, 6.07) is 4.99. The minimum Gasteiger partial charge on any atom is -0.354 e. The first-order chi connectivity index (χ1) is 12.1. The SMILES string of the molecule is Cc1cc(Nc2cc(C(F)(F)F)nc(NCCCN(C)C)n2)ccc1F. The molecule has 1 aromatic heterocycles. The second-order valence-electron chi connectivity index (χ2n) is 6.13. The summed E-state index contributed by atoms with van der Waals surface area (Å²) in [6.45, 7) is 2.79. The lowest BCUT2D eigenvalue weighted by Crippen LogP contribution is -2.18. The van der Waals surface area contributed by atoms with Crippen LogP contribution < -0.4 is 10.6 Å². The van der Waals surface area contributed by atoms with Crippen molar-refractivity contribution < 1.29 is 17.6 Å². The van der Waals surface area contributed by atoms with Crippen molar-refractivity contribution in [1.29, 1.82) is 0 Å². The molecule has 2 N–H and O–H groups in total. The van der Waals surface area contributed by atoms with Gasteiger partial charge in [0.05, 0.1) is 0 Å². The van der Waals surface area contributed by atoms with Gasteiger partial charge in [0.2, 0.25) is 5.95 Å². The molecule has 0 fully saturated rings. The molecule has 9 heteroatoms. The smallest absolute Gasteiger partial charge is 0.354 e. The number of aromatic nitrogens is 2. The molecule has 0 bridgehead atoms. The molecule has 0 radical (unpaired) electrons. The zero-order valence-electron chi connectivity index (χ0n) is 14.8. The lowest BCUT2D eigenvalue weighted by molar-refractivity contribution is -0.141. The molecule has 1 heterocycles. The predicted molar refractivity (Wildman–Crippen MR) is 93.1 cm³/mol. The number of nitrogens with one attached hydrogen (secondary N) is 2. The molecule has 2 aromatic rings. The van der Waals surface area contributed by atoms with Gasteiger partial charge in [-0.2, -0.15) is 18.2 Å². The zero-order valence-corrected chi connectivity index (χ0v) is 14.8. The van der Waals surface area contributed by atoms with Gasteiger partial charge in [0.25, 0.3) is 0 Å². The van der Waals surface area contributed by atoms with E-state index >= 15 is 0 Å². The molecule has 0 spiro atoms. The van der Waals surface area contributed by atoms with Gasteiger partial charge in [-0.1, -0.05) is 0 Å². The molecule has 26 heavy (non-hydrogen) atoms. The molecule has 142 valence electrons. The molecular formula is C17H21F4N5. The molecule has 0 atom stereocenters. The zero-order chi connectivity index (χ0) is 19.3. The van der Waals surface area contributed by atoms with Crippen LogP contribution in [0.5, 0.6) is 0 Å². The largest absolute Gasteiger partial charge is 0.433 e. The third-order valence-corrected chi connectivity index (χ3v) is 3.51. The molecule has 0 amide bonds. The monoisotopic (exact) mass is 371 g/mol. The lowest BCUT2D eigenvalue weighted by atomic mass is 10.2. The number of alkyl halides is 3. The number of anilines is 3. The summed E-state index contributed by atoms with van der Waals surface area (Å²) in [6.07, 6.45) is -3.87. The van der Waals surface area contributed by atoms with Crippen LogP contribution in [0.25, 0.3) is 0 Å². The van der Waals surface area contributed by atoms with Crippen molar-refractivity contribution in [1.82, 2.24) is 14.9 Å². The van der Waals surface area contributed by atoms with Crippen molar-refractivity contribution in [2.75, 3.05) is 37.8 Å². The summed E-state index contributed by atoms with van der Waals surface area (Å²) >= 11 is 0. The van der Waals surface area contributed by atoms with Crippen molar-refractivity contribution in [2.45, 2.75) is 19.5 Å². The van der Waals surface area contributed by atoms with E-state index < -0.39 is 17.7 Å². The maximum absolute atomic E-state index is 13.3. The van der Waals surface area contributed by atoms with Gasteiger partial charge in [0.15, 0.2) is 5.69 Å². The Morgan fingerprint density at radius 2 is 1.85 bits per heavy atom. The third-order valence-electron chi connectivity index (χ3n) is 3.51. The first-order valence-electron chi connectivity index (χ1n) is 8.03. The summed E-state index contributed by atoms with van der Waals surface area (Å²) in [5.41, 5.74) is -0.236. The highest BCUT2D eigenvalue weighted by molar-refractivity contribution is 5.58. The first kappa shape index (κ1) is 19.9. The Balaban J connectivity index is 2.20. The van der Waals surface area contributed by atoms with Crippen LogP contribution in [-0.2, 0) is 6.18 Å². The maximum Gasteiger partial charge on any atom is 0.433 e. The molecule has 0 saturated carbocycles. The number of hydrogen-bond donors (Lipinski definition) is 2. The lowest BCUT2D eigenvalue weighted by Gasteiger charge is -2.14. The molecule has 0 aliphatic heterocycles. The summed E-state index contributed by atoms with van der Waals surface area (Å²) in [5.74, 6) is -0.522. The number of halogens is 4. The normalized spacial score (nSPS) is 11.7. The van der Waals surface area contributed by atoms with Crippen LogP contribution >= 0.6 is 0 Å². The standard InChI is InChI=1S/C17H21F4N5/c1-11-9-12(5-6-13(11)18)23-15-10-14(17(19,20)21)24-16(25-15)22-7-4-8-26(2)3/h5-6,9-10H,4,7-8H2,1-3H3,(H2,22,23,24,25). The van der Waals surface area contributed by atoms with E-state index in [4.69, 9.17) is 0 Å². The Kier molecular flexibility index (Phi) is 6.36. The first-order valence-corrected chi connectivity index (χ1v) is 8.03.